The Morgan fingerprint density at radius 2 is 1.80 bits per heavy atom. The molecule has 0 aliphatic carbocycles. The topological polar surface area (TPSA) is 51.0 Å². The molecule has 1 N–H and O–H groups in total. The number of benzene rings is 1. The van der Waals surface area contributed by atoms with Gasteiger partial charge in [0.1, 0.15) is 11.0 Å². The summed E-state index contributed by atoms with van der Waals surface area (Å²) in [6.45, 7) is 0.983. The Morgan fingerprint density at radius 1 is 1.07 bits per heavy atom. The molecule has 0 amide bonds. The van der Waals surface area contributed by atoms with Gasteiger partial charge < -0.3 is 5.32 Å². The maximum atomic E-state index is 4.46. The van der Waals surface area contributed by atoms with Gasteiger partial charge in [-0.15, -0.1) is 0 Å². The summed E-state index contributed by atoms with van der Waals surface area (Å²) in [5.74, 6) is 0. The van der Waals surface area contributed by atoms with Crippen molar-refractivity contribution in [3.8, 4) is 0 Å². The maximum absolute atomic E-state index is 4.46. The van der Waals surface area contributed by atoms with Crippen LogP contribution in [0, 0.1) is 0 Å². The van der Waals surface area contributed by atoms with Crippen molar-refractivity contribution in [3.05, 3.63) is 48.7 Å². The summed E-state index contributed by atoms with van der Waals surface area (Å²) in [4.78, 5) is 0. The minimum atomic E-state index is 0.803. The van der Waals surface area contributed by atoms with E-state index in [1.165, 1.54) is 0 Å². The van der Waals surface area contributed by atoms with Crippen molar-refractivity contribution in [1.29, 1.82) is 0 Å². The van der Waals surface area contributed by atoms with E-state index in [1.807, 2.05) is 42.6 Å². The smallest absolute Gasteiger partial charge is 0.135 e. The van der Waals surface area contributed by atoms with Gasteiger partial charge in [-0.1, -0.05) is 24.3 Å². The Balaban J connectivity index is 0.000000124. The van der Waals surface area contributed by atoms with Crippen LogP contribution in [0.25, 0.3) is 11.0 Å². The predicted octanol–water partition coefficient (Wildman–Crippen LogP) is 1.88. The number of hydrogen-bond donors (Lipinski definition) is 1. The second-order valence-corrected chi connectivity index (χ2v) is 2.95. The van der Waals surface area contributed by atoms with E-state index in [-0.39, 0.29) is 0 Å². The summed E-state index contributed by atoms with van der Waals surface area (Å²) in [6.07, 6.45) is 8.00. The number of rotatable bonds is 0. The third-order valence-corrected chi connectivity index (χ3v) is 1.86. The lowest BCUT2D eigenvalue weighted by Gasteiger charge is -1.94. The summed E-state index contributed by atoms with van der Waals surface area (Å²) >= 11 is 0. The van der Waals surface area contributed by atoms with Crippen molar-refractivity contribution in [3.63, 3.8) is 0 Å². The molecule has 0 spiro atoms. The zero-order chi connectivity index (χ0) is 10.3. The van der Waals surface area contributed by atoms with Crippen LogP contribution < -0.4 is 5.32 Å². The molecular weight excluding hydrogens is 190 g/mol. The van der Waals surface area contributed by atoms with Gasteiger partial charge in [0.25, 0.3) is 0 Å². The summed E-state index contributed by atoms with van der Waals surface area (Å²) < 4.78 is 4.46. The first kappa shape index (κ1) is 9.45. The Labute approximate surface area is 87.2 Å². The van der Waals surface area contributed by atoms with Gasteiger partial charge in [0.2, 0.25) is 0 Å². The van der Waals surface area contributed by atoms with Gasteiger partial charge in [-0.05, 0) is 34.7 Å². The van der Waals surface area contributed by atoms with Crippen LogP contribution in [0.15, 0.2) is 53.3 Å². The lowest BCUT2D eigenvalue weighted by Crippen LogP contribution is -2.05. The Hall–Kier alpha value is -2.10. The van der Waals surface area contributed by atoms with Gasteiger partial charge in [-0.25, -0.2) is 4.63 Å². The lowest BCUT2D eigenvalue weighted by molar-refractivity contribution is 0.315. The molecule has 0 saturated heterocycles. The van der Waals surface area contributed by atoms with Crippen LogP contribution >= 0.6 is 0 Å². The van der Waals surface area contributed by atoms with Crippen LogP contribution in [0.1, 0.15) is 0 Å². The van der Waals surface area contributed by atoms with Crippen molar-refractivity contribution in [1.82, 2.24) is 15.6 Å². The molecule has 1 aliphatic heterocycles. The van der Waals surface area contributed by atoms with Gasteiger partial charge in [0.15, 0.2) is 0 Å². The Kier molecular flexibility index (Phi) is 3.12. The second kappa shape index (κ2) is 4.95. The molecule has 0 fully saturated rings. The molecule has 76 valence electrons. The van der Waals surface area contributed by atoms with E-state index in [2.05, 4.69) is 26.3 Å². The van der Waals surface area contributed by atoms with Crippen molar-refractivity contribution in [2.24, 2.45) is 0 Å². The van der Waals surface area contributed by atoms with Crippen LogP contribution in [0.4, 0.5) is 0 Å². The van der Waals surface area contributed by atoms with Crippen LogP contribution in [-0.4, -0.2) is 16.9 Å². The molecule has 2 aromatic rings. The van der Waals surface area contributed by atoms with E-state index in [9.17, 15) is 0 Å². The van der Waals surface area contributed by atoms with Gasteiger partial charge in [-0.3, -0.25) is 0 Å². The first-order valence-electron chi connectivity index (χ1n) is 4.69. The monoisotopic (exact) mass is 201 g/mol. The number of fused-ring (bicyclic) bond motifs is 1. The molecule has 0 radical (unpaired) electrons. The second-order valence-electron chi connectivity index (χ2n) is 2.95. The van der Waals surface area contributed by atoms with Crippen LogP contribution in [-0.2, 0) is 0 Å². The molecular formula is C11H11N3O. The molecule has 1 aromatic heterocycles. The molecule has 4 heteroatoms. The van der Waals surface area contributed by atoms with E-state index < -0.39 is 0 Å². The molecule has 1 aliphatic rings. The molecule has 15 heavy (non-hydrogen) atoms. The van der Waals surface area contributed by atoms with E-state index >= 15 is 0 Å². The summed E-state index contributed by atoms with van der Waals surface area (Å²) in [7, 11) is 0. The quantitative estimate of drug-likeness (QED) is 0.707. The van der Waals surface area contributed by atoms with Crippen LogP contribution in [0.5, 0.6) is 0 Å². The first-order valence-corrected chi connectivity index (χ1v) is 4.69. The number of allylic oxidation sites excluding steroid dienone is 2. The number of nitrogens with zero attached hydrogens (tertiary/aromatic N) is 2. The van der Waals surface area contributed by atoms with Crippen molar-refractivity contribution in [2.75, 3.05) is 6.54 Å². The number of dihydropyridines is 1. The number of aromatic nitrogens is 2. The summed E-state index contributed by atoms with van der Waals surface area (Å²) in [5, 5.41) is 10.3. The minimum absolute atomic E-state index is 0.803. The lowest BCUT2D eigenvalue weighted by atomic mass is 10.3. The highest BCUT2D eigenvalue weighted by Gasteiger charge is 1.93. The number of nitrogens with one attached hydrogen (secondary N) is 1. The zero-order valence-electron chi connectivity index (χ0n) is 8.13. The fourth-order valence-electron chi connectivity index (χ4n) is 1.13. The number of hydrogen-bond acceptors (Lipinski definition) is 4. The predicted molar refractivity (Wildman–Crippen MR) is 58.1 cm³/mol. The molecule has 0 saturated carbocycles. The van der Waals surface area contributed by atoms with Crippen molar-refractivity contribution >= 4 is 11.0 Å². The highest BCUT2D eigenvalue weighted by Crippen LogP contribution is 2.05. The van der Waals surface area contributed by atoms with Crippen molar-refractivity contribution < 1.29 is 4.63 Å². The molecule has 1 aromatic carbocycles. The summed E-state index contributed by atoms with van der Waals surface area (Å²) in [6, 6.07) is 7.50. The van der Waals surface area contributed by atoms with Gasteiger partial charge in [0, 0.05) is 6.54 Å². The Morgan fingerprint density at radius 3 is 2.20 bits per heavy atom. The average molecular weight is 201 g/mol. The Bertz CT molecular complexity index is 431. The zero-order valence-corrected chi connectivity index (χ0v) is 8.13. The maximum Gasteiger partial charge on any atom is 0.135 e. The van der Waals surface area contributed by atoms with Gasteiger partial charge in [0.05, 0.1) is 0 Å². The van der Waals surface area contributed by atoms with Crippen LogP contribution in [0.3, 0.4) is 0 Å². The first-order chi connectivity index (χ1) is 7.47. The minimum Gasteiger partial charge on any atom is -0.387 e. The fraction of sp³-hybridized carbons (Fsp3) is 0.0909. The molecule has 0 bridgehead atoms. The van der Waals surface area contributed by atoms with E-state index in [0.717, 1.165) is 17.6 Å². The normalized spacial score (nSPS) is 13.1. The van der Waals surface area contributed by atoms with Gasteiger partial charge in [-0.2, -0.15) is 0 Å². The van der Waals surface area contributed by atoms with E-state index in [4.69, 9.17) is 0 Å². The highest BCUT2D eigenvalue weighted by molar-refractivity contribution is 5.72. The highest BCUT2D eigenvalue weighted by atomic mass is 16.6. The molecule has 2 heterocycles. The molecule has 0 unspecified atom stereocenters. The van der Waals surface area contributed by atoms with E-state index in [1.54, 1.807) is 0 Å². The van der Waals surface area contributed by atoms with Crippen molar-refractivity contribution in [2.45, 2.75) is 0 Å². The summed E-state index contributed by atoms with van der Waals surface area (Å²) in [5.41, 5.74) is 1.61. The third kappa shape index (κ3) is 2.67. The average Bonchev–Trinajstić information content (AvgIpc) is 2.80. The molecule has 3 rings (SSSR count). The molecule has 4 nitrogen and oxygen atoms in total. The SMILES string of the molecule is C1=CCNC=C1.c1ccc2nonc2c1. The molecule has 0 atom stereocenters. The largest absolute Gasteiger partial charge is 0.387 e. The standard InChI is InChI=1S/C6H4N2O.C5H7N/c1-2-4-6-5(3-1)7-9-8-6;1-2-4-6-5-3-1/h1-4H;1-4,6H,5H2. The van der Waals surface area contributed by atoms with Crippen LogP contribution in [0.2, 0.25) is 0 Å². The van der Waals surface area contributed by atoms with Gasteiger partial charge >= 0.3 is 0 Å². The third-order valence-electron chi connectivity index (χ3n) is 1.86. The van der Waals surface area contributed by atoms with E-state index in [0.29, 0.717) is 0 Å². The fourth-order valence-corrected chi connectivity index (χ4v) is 1.13.